The van der Waals surface area contributed by atoms with Crippen molar-refractivity contribution in [1.82, 2.24) is 15.4 Å². The molecule has 1 aromatic heterocycles. The predicted molar refractivity (Wildman–Crippen MR) is 65.4 cm³/mol. The van der Waals surface area contributed by atoms with Crippen LogP contribution in [0, 0.1) is 6.92 Å². The zero-order chi connectivity index (χ0) is 13.0. The highest BCUT2D eigenvalue weighted by Crippen LogP contribution is 2.03. The minimum absolute atomic E-state index is 0.0704. The van der Waals surface area contributed by atoms with E-state index < -0.39 is 0 Å². The molecule has 1 aliphatic heterocycles. The van der Waals surface area contributed by atoms with Gasteiger partial charge in [0.15, 0.2) is 0 Å². The lowest BCUT2D eigenvalue weighted by atomic mass is 10.2. The topological polar surface area (TPSA) is 67.6 Å². The third-order valence-corrected chi connectivity index (χ3v) is 2.87. The normalized spacial score (nSPS) is 18.6. The molecule has 1 N–H and O–H groups in total. The number of nitrogens with zero attached hydrogens (tertiary/aromatic N) is 2. The van der Waals surface area contributed by atoms with Crippen molar-refractivity contribution in [3.8, 4) is 0 Å². The molecule has 1 atom stereocenters. The second kappa shape index (κ2) is 5.97. The van der Waals surface area contributed by atoms with E-state index >= 15 is 0 Å². The highest BCUT2D eigenvalue weighted by atomic mass is 16.5. The molecule has 0 saturated carbocycles. The zero-order valence-electron chi connectivity index (χ0n) is 10.8. The van der Waals surface area contributed by atoms with E-state index in [0.717, 1.165) is 32.8 Å². The van der Waals surface area contributed by atoms with Gasteiger partial charge in [-0.2, -0.15) is 0 Å². The Morgan fingerprint density at radius 3 is 2.89 bits per heavy atom. The van der Waals surface area contributed by atoms with Crippen LogP contribution in [-0.2, 0) is 4.74 Å². The first kappa shape index (κ1) is 13.0. The molecule has 1 aliphatic rings. The summed E-state index contributed by atoms with van der Waals surface area (Å²) in [7, 11) is 0. The van der Waals surface area contributed by atoms with Gasteiger partial charge in [-0.3, -0.25) is 9.69 Å². The lowest BCUT2D eigenvalue weighted by Crippen LogP contribution is -2.45. The number of aryl methyl sites for hydroxylation is 1. The summed E-state index contributed by atoms with van der Waals surface area (Å²) in [6.45, 7) is 7.96. The number of amides is 1. The van der Waals surface area contributed by atoms with E-state index in [9.17, 15) is 4.79 Å². The van der Waals surface area contributed by atoms with Gasteiger partial charge in [0.05, 0.1) is 18.9 Å². The monoisotopic (exact) mass is 253 g/mol. The fourth-order valence-corrected chi connectivity index (χ4v) is 1.98. The van der Waals surface area contributed by atoms with Crippen LogP contribution in [0.3, 0.4) is 0 Å². The van der Waals surface area contributed by atoms with Crippen molar-refractivity contribution in [2.45, 2.75) is 19.9 Å². The molecule has 6 heteroatoms. The fraction of sp³-hybridized carbons (Fsp3) is 0.667. The molecule has 1 fully saturated rings. The Balaban J connectivity index is 1.79. The standard InChI is InChI=1S/C12H19N3O3/c1-9-7-11(18-14-9)12(16)13-10(2)8-15-3-5-17-6-4-15/h7,10H,3-6,8H2,1-2H3,(H,13,16)/t10-/m0/s1. The minimum atomic E-state index is -0.212. The smallest absolute Gasteiger partial charge is 0.290 e. The van der Waals surface area contributed by atoms with Crippen LogP contribution in [0.4, 0.5) is 0 Å². The second-order valence-electron chi connectivity index (χ2n) is 4.62. The molecule has 0 aromatic carbocycles. The average molecular weight is 253 g/mol. The van der Waals surface area contributed by atoms with Crippen molar-refractivity contribution in [2.24, 2.45) is 0 Å². The average Bonchev–Trinajstić information content (AvgIpc) is 2.77. The van der Waals surface area contributed by atoms with E-state index in [-0.39, 0.29) is 17.7 Å². The van der Waals surface area contributed by atoms with Gasteiger partial charge < -0.3 is 14.6 Å². The van der Waals surface area contributed by atoms with Crippen molar-refractivity contribution in [2.75, 3.05) is 32.8 Å². The summed E-state index contributed by atoms with van der Waals surface area (Å²) in [5, 5.41) is 6.60. The summed E-state index contributed by atoms with van der Waals surface area (Å²) in [6.07, 6.45) is 0. The quantitative estimate of drug-likeness (QED) is 0.843. The van der Waals surface area contributed by atoms with Crippen LogP contribution in [0.2, 0.25) is 0 Å². The van der Waals surface area contributed by atoms with E-state index in [2.05, 4.69) is 15.4 Å². The van der Waals surface area contributed by atoms with Crippen molar-refractivity contribution in [3.63, 3.8) is 0 Å². The lowest BCUT2D eigenvalue weighted by molar-refractivity contribution is 0.0341. The summed E-state index contributed by atoms with van der Waals surface area (Å²) in [5.74, 6) is 0.0534. The maximum Gasteiger partial charge on any atom is 0.290 e. The van der Waals surface area contributed by atoms with E-state index in [1.54, 1.807) is 13.0 Å². The van der Waals surface area contributed by atoms with E-state index in [1.165, 1.54) is 0 Å². The number of carbonyl (C=O) groups excluding carboxylic acids is 1. The van der Waals surface area contributed by atoms with E-state index in [0.29, 0.717) is 5.69 Å². The maximum atomic E-state index is 11.8. The van der Waals surface area contributed by atoms with Crippen LogP contribution < -0.4 is 5.32 Å². The summed E-state index contributed by atoms with van der Waals surface area (Å²) >= 11 is 0. The van der Waals surface area contributed by atoms with Gasteiger partial charge in [-0.15, -0.1) is 0 Å². The Labute approximate surface area is 106 Å². The minimum Gasteiger partial charge on any atom is -0.379 e. The van der Waals surface area contributed by atoms with E-state index in [1.807, 2.05) is 6.92 Å². The Kier molecular flexibility index (Phi) is 4.33. The molecule has 18 heavy (non-hydrogen) atoms. The van der Waals surface area contributed by atoms with Gasteiger partial charge in [0.2, 0.25) is 5.76 Å². The number of rotatable bonds is 4. The third-order valence-electron chi connectivity index (χ3n) is 2.87. The zero-order valence-corrected chi connectivity index (χ0v) is 10.8. The Bertz CT molecular complexity index is 399. The van der Waals surface area contributed by atoms with E-state index in [4.69, 9.17) is 9.26 Å². The Morgan fingerprint density at radius 1 is 1.56 bits per heavy atom. The van der Waals surface area contributed by atoms with Crippen LogP contribution in [-0.4, -0.2) is 54.9 Å². The first-order chi connectivity index (χ1) is 8.65. The van der Waals surface area contributed by atoms with Crippen molar-refractivity contribution in [3.05, 3.63) is 17.5 Å². The van der Waals surface area contributed by atoms with Crippen molar-refractivity contribution < 1.29 is 14.1 Å². The lowest BCUT2D eigenvalue weighted by Gasteiger charge is -2.29. The largest absolute Gasteiger partial charge is 0.379 e. The molecular weight excluding hydrogens is 234 g/mol. The highest BCUT2D eigenvalue weighted by Gasteiger charge is 2.17. The molecule has 2 heterocycles. The van der Waals surface area contributed by atoms with Gasteiger partial charge in [-0.1, -0.05) is 5.16 Å². The molecule has 2 rings (SSSR count). The van der Waals surface area contributed by atoms with Crippen molar-refractivity contribution in [1.29, 1.82) is 0 Å². The molecule has 1 aromatic rings. The number of morpholine rings is 1. The van der Waals surface area contributed by atoms with Gasteiger partial charge in [-0.05, 0) is 13.8 Å². The maximum absolute atomic E-state index is 11.8. The molecule has 0 aliphatic carbocycles. The highest BCUT2D eigenvalue weighted by molar-refractivity contribution is 5.91. The van der Waals surface area contributed by atoms with Gasteiger partial charge in [0.1, 0.15) is 0 Å². The molecular formula is C12H19N3O3. The summed E-state index contributed by atoms with van der Waals surface area (Å²) in [4.78, 5) is 14.1. The number of aromatic nitrogens is 1. The molecule has 1 amide bonds. The molecule has 1 saturated heterocycles. The van der Waals surface area contributed by atoms with Crippen LogP contribution in [0.5, 0.6) is 0 Å². The molecule has 100 valence electrons. The number of hydrogen-bond acceptors (Lipinski definition) is 5. The van der Waals surface area contributed by atoms with Gasteiger partial charge in [0, 0.05) is 31.7 Å². The van der Waals surface area contributed by atoms with Gasteiger partial charge in [-0.25, -0.2) is 0 Å². The third kappa shape index (κ3) is 3.54. The number of hydrogen-bond donors (Lipinski definition) is 1. The van der Waals surface area contributed by atoms with Crippen LogP contribution in [0.15, 0.2) is 10.6 Å². The van der Waals surface area contributed by atoms with Crippen molar-refractivity contribution >= 4 is 5.91 Å². The second-order valence-corrected chi connectivity index (χ2v) is 4.62. The Hall–Kier alpha value is -1.40. The molecule has 0 radical (unpaired) electrons. The fourth-order valence-electron chi connectivity index (χ4n) is 1.98. The molecule has 0 spiro atoms. The molecule has 6 nitrogen and oxygen atoms in total. The summed E-state index contributed by atoms with van der Waals surface area (Å²) in [6, 6.07) is 1.71. The summed E-state index contributed by atoms with van der Waals surface area (Å²) in [5.41, 5.74) is 0.709. The van der Waals surface area contributed by atoms with Crippen LogP contribution in [0.1, 0.15) is 23.2 Å². The molecule has 0 bridgehead atoms. The van der Waals surface area contributed by atoms with Gasteiger partial charge >= 0.3 is 0 Å². The van der Waals surface area contributed by atoms with Gasteiger partial charge in [0.25, 0.3) is 5.91 Å². The summed E-state index contributed by atoms with van der Waals surface area (Å²) < 4.78 is 10.2. The first-order valence-corrected chi connectivity index (χ1v) is 6.19. The first-order valence-electron chi connectivity index (χ1n) is 6.19. The Morgan fingerprint density at radius 2 is 2.28 bits per heavy atom. The predicted octanol–water partition coefficient (Wildman–Crippen LogP) is 0.434. The number of nitrogens with one attached hydrogen (secondary N) is 1. The van der Waals surface area contributed by atoms with Crippen LogP contribution in [0.25, 0.3) is 0 Å². The molecule has 0 unspecified atom stereocenters. The SMILES string of the molecule is Cc1cc(C(=O)N[C@@H](C)CN2CCOCC2)on1. The number of carbonyl (C=O) groups is 1. The number of ether oxygens (including phenoxy) is 1. The van der Waals surface area contributed by atoms with Crippen LogP contribution >= 0.6 is 0 Å².